The van der Waals surface area contributed by atoms with Crippen molar-refractivity contribution in [2.45, 2.75) is 46.1 Å². The molecule has 1 saturated heterocycles. The van der Waals surface area contributed by atoms with Crippen molar-refractivity contribution in [1.82, 2.24) is 4.90 Å². The summed E-state index contributed by atoms with van der Waals surface area (Å²) < 4.78 is 5.09. The van der Waals surface area contributed by atoms with E-state index in [0.29, 0.717) is 18.0 Å². The summed E-state index contributed by atoms with van der Waals surface area (Å²) in [6.45, 7) is 7.41. The first kappa shape index (κ1) is 16.8. The number of nitrogens with one attached hydrogen (secondary N) is 1. The molecule has 5 nitrogen and oxygen atoms in total. The lowest BCUT2D eigenvalue weighted by Gasteiger charge is -2.39. The van der Waals surface area contributed by atoms with E-state index in [9.17, 15) is 9.59 Å². The SMILES string of the molecule is COc1ccc(NC(=O)C(=O)N2CC3(C)CC2CC(C)(C)C3)cc1. The fraction of sp³-hybridized carbons (Fsp3) is 0.579. The highest BCUT2D eigenvalue weighted by molar-refractivity contribution is 6.39. The minimum Gasteiger partial charge on any atom is -0.497 e. The fourth-order valence-electron chi connectivity index (χ4n) is 4.69. The third-order valence-electron chi connectivity index (χ3n) is 5.22. The maximum atomic E-state index is 12.7. The van der Waals surface area contributed by atoms with Crippen LogP contribution in [0.4, 0.5) is 5.69 Å². The van der Waals surface area contributed by atoms with Crippen LogP contribution in [-0.2, 0) is 9.59 Å². The first-order valence-corrected chi connectivity index (χ1v) is 8.47. The largest absolute Gasteiger partial charge is 0.497 e. The topological polar surface area (TPSA) is 58.6 Å². The molecule has 2 unspecified atom stereocenters. The van der Waals surface area contributed by atoms with Gasteiger partial charge in [0.15, 0.2) is 0 Å². The molecule has 0 spiro atoms. The summed E-state index contributed by atoms with van der Waals surface area (Å²) in [5.41, 5.74) is 0.949. The molecule has 1 aliphatic carbocycles. The Kier molecular flexibility index (Phi) is 4.06. The van der Waals surface area contributed by atoms with Crippen molar-refractivity contribution in [3.05, 3.63) is 24.3 Å². The van der Waals surface area contributed by atoms with Gasteiger partial charge in [-0.3, -0.25) is 9.59 Å². The molecule has 1 aromatic rings. The van der Waals surface area contributed by atoms with Crippen LogP contribution in [0, 0.1) is 10.8 Å². The van der Waals surface area contributed by atoms with Crippen molar-refractivity contribution in [3.63, 3.8) is 0 Å². The Bertz CT molecular complexity index is 653. The van der Waals surface area contributed by atoms with Crippen molar-refractivity contribution in [3.8, 4) is 5.75 Å². The van der Waals surface area contributed by atoms with Crippen LogP contribution in [0.1, 0.15) is 40.0 Å². The Labute approximate surface area is 143 Å². The van der Waals surface area contributed by atoms with Gasteiger partial charge >= 0.3 is 11.8 Å². The number of amides is 2. The number of hydrogen-bond acceptors (Lipinski definition) is 3. The number of hydrogen-bond donors (Lipinski definition) is 1. The number of nitrogens with zero attached hydrogens (tertiary/aromatic N) is 1. The van der Waals surface area contributed by atoms with Gasteiger partial charge in [0.2, 0.25) is 0 Å². The molecule has 2 aliphatic rings. The molecule has 2 fully saturated rings. The fourth-order valence-corrected chi connectivity index (χ4v) is 4.69. The van der Waals surface area contributed by atoms with E-state index in [1.54, 1.807) is 36.3 Å². The van der Waals surface area contributed by atoms with Gasteiger partial charge in [-0.1, -0.05) is 20.8 Å². The maximum absolute atomic E-state index is 12.7. The Hall–Kier alpha value is -2.04. The van der Waals surface area contributed by atoms with Crippen molar-refractivity contribution >= 4 is 17.5 Å². The van der Waals surface area contributed by atoms with Crippen LogP contribution in [0.5, 0.6) is 5.75 Å². The summed E-state index contributed by atoms with van der Waals surface area (Å²) in [6, 6.07) is 7.15. The molecule has 1 heterocycles. The van der Waals surface area contributed by atoms with Crippen molar-refractivity contribution < 1.29 is 14.3 Å². The Morgan fingerprint density at radius 3 is 2.46 bits per heavy atom. The van der Waals surface area contributed by atoms with Gasteiger partial charge < -0.3 is 15.0 Å². The Morgan fingerprint density at radius 1 is 1.17 bits per heavy atom. The third-order valence-corrected chi connectivity index (χ3v) is 5.22. The summed E-state index contributed by atoms with van der Waals surface area (Å²) in [7, 11) is 1.59. The quantitative estimate of drug-likeness (QED) is 0.848. The molecule has 1 saturated carbocycles. The Balaban J connectivity index is 1.69. The number of carbonyl (C=O) groups excluding carboxylic acids is 2. The molecule has 1 aliphatic heterocycles. The van der Waals surface area contributed by atoms with E-state index < -0.39 is 11.8 Å². The second-order valence-electron chi connectivity index (χ2n) is 8.33. The number of methoxy groups -OCH3 is 1. The number of rotatable bonds is 2. The van der Waals surface area contributed by atoms with Gasteiger partial charge in [-0.15, -0.1) is 0 Å². The third kappa shape index (κ3) is 3.25. The summed E-state index contributed by atoms with van der Waals surface area (Å²) in [4.78, 5) is 26.8. The smallest absolute Gasteiger partial charge is 0.313 e. The van der Waals surface area contributed by atoms with E-state index in [0.717, 1.165) is 19.3 Å². The van der Waals surface area contributed by atoms with E-state index in [4.69, 9.17) is 4.74 Å². The molecule has 0 aromatic heterocycles. The number of benzene rings is 1. The molecule has 24 heavy (non-hydrogen) atoms. The van der Waals surface area contributed by atoms with Crippen LogP contribution in [0.2, 0.25) is 0 Å². The van der Waals surface area contributed by atoms with E-state index in [1.165, 1.54) is 0 Å². The van der Waals surface area contributed by atoms with Crippen molar-refractivity contribution in [2.75, 3.05) is 19.0 Å². The number of fused-ring (bicyclic) bond motifs is 2. The minimum absolute atomic E-state index is 0.127. The molecular formula is C19H26N2O3. The van der Waals surface area contributed by atoms with Gasteiger partial charge in [0.05, 0.1) is 7.11 Å². The van der Waals surface area contributed by atoms with Gasteiger partial charge in [-0.25, -0.2) is 0 Å². The highest BCUT2D eigenvalue weighted by atomic mass is 16.5. The van der Waals surface area contributed by atoms with Crippen molar-refractivity contribution in [2.24, 2.45) is 10.8 Å². The van der Waals surface area contributed by atoms with Crippen LogP contribution < -0.4 is 10.1 Å². The van der Waals surface area contributed by atoms with Gasteiger partial charge in [0.1, 0.15) is 5.75 Å². The highest BCUT2D eigenvalue weighted by Gasteiger charge is 2.51. The van der Waals surface area contributed by atoms with Gasteiger partial charge in [0, 0.05) is 18.3 Å². The van der Waals surface area contributed by atoms with Crippen LogP contribution in [0.3, 0.4) is 0 Å². The average molecular weight is 330 g/mol. The monoisotopic (exact) mass is 330 g/mol. The molecule has 2 amide bonds. The number of likely N-dealkylation sites (tertiary alicyclic amines) is 1. The van der Waals surface area contributed by atoms with E-state index in [-0.39, 0.29) is 16.9 Å². The van der Waals surface area contributed by atoms with Crippen LogP contribution >= 0.6 is 0 Å². The lowest BCUT2D eigenvalue weighted by molar-refractivity contribution is -0.144. The minimum atomic E-state index is -0.561. The second-order valence-corrected chi connectivity index (χ2v) is 8.33. The van der Waals surface area contributed by atoms with E-state index in [2.05, 4.69) is 26.1 Å². The molecule has 5 heteroatoms. The highest BCUT2D eigenvalue weighted by Crippen LogP contribution is 2.52. The number of ether oxygens (including phenoxy) is 1. The standard InChI is InChI=1S/C19H26N2O3/c1-18(2)9-14-10-19(3,11-18)12-21(14)17(23)16(22)20-13-5-7-15(24-4)8-6-13/h5-8,14H,9-12H2,1-4H3,(H,20,22). The molecule has 130 valence electrons. The summed E-state index contributed by atoms with van der Waals surface area (Å²) in [6.07, 6.45) is 3.06. The molecule has 1 aromatic carbocycles. The Morgan fingerprint density at radius 2 is 1.83 bits per heavy atom. The second kappa shape index (κ2) is 5.80. The normalized spacial score (nSPS) is 27.7. The first-order valence-electron chi connectivity index (χ1n) is 8.47. The first-order chi connectivity index (χ1) is 11.2. The predicted molar refractivity (Wildman–Crippen MR) is 92.9 cm³/mol. The van der Waals surface area contributed by atoms with Crippen LogP contribution in [0.15, 0.2) is 24.3 Å². The molecular weight excluding hydrogens is 304 g/mol. The van der Waals surface area contributed by atoms with Gasteiger partial charge in [-0.05, 0) is 54.4 Å². The molecule has 2 atom stereocenters. The zero-order chi connectivity index (χ0) is 17.5. The van der Waals surface area contributed by atoms with Gasteiger partial charge in [-0.2, -0.15) is 0 Å². The zero-order valence-corrected chi connectivity index (χ0v) is 14.9. The molecule has 0 radical (unpaired) electrons. The molecule has 1 N–H and O–H groups in total. The number of anilines is 1. The summed E-state index contributed by atoms with van der Waals surface area (Å²) >= 11 is 0. The number of carbonyl (C=O) groups is 2. The van der Waals surface area contributed by atoms with Gasteiger partial charge in [0.25, 0.3) is 0 Å². The summed E-state index contributed by atoms with van der Waals surface area (Å²) in [5, 5.41) is 2.70. The lowest BCUT2D eigenvalue weighted by Crippen LogP contribution is -2.43. The zero-order valence-electron chi connectivity index (χ0n) is 14.9. The average Bonchev–Trinajstić information content (AvgIpc) is 2.76. The van der Waals surface area contributed by atoms with E-state index >= 15 is 0 Å². The molecule has 3 rings (SSSR count). The molecule has 2 bridgehead atoms. The maximum Gasteiger partial charge on any atom is 0.313 e. The summed E-state index contributed by atoms with van der Waals surface area (Å²) in [5.74, 6) is -0.269. The van der Waals surface area contributed by atoms with E-state index in [1.807, 2.05) is 0 Å². The predicted octanol–water partition coefficient (Wildman–Crippen LogP) is 3.06. The van der Waals surface area contributed by atoms with Crippen molar-refractivity contribution in [1.29, 1.82) is 0 Å². The lowest BCUT2D eigenvalue weighted by atomic mass is 9.65. The van der Waals surface area contributed by atoms with Crippen LogP contribution in [-0.4, -0.2) is 36.4 Å². The van der Waals surface area contributed by atoms with Crippen LogP contribution in [0.25, 0.3) is 0 Å².